The predicted octanol–water partition coefficient (Wildman–Crippen LogP) is 1.24. The lowest BCUT2D eigenvalue weighted by Crippen LogP contribution is -2.45. The van der Waals surface area contributed by atoms with Gasteiger partial charge in [0.05, 0.1) is 12.1 Å². The van der Waals surface area contributed by atoms with Crippen LogP contribution in [0.25, 0.3) is 0 Å². The summed E-state index contributed by atoms with van der Waals surface area (Å²) < 4.78 is 0. The number of hydrogen-bond acceptors (Lipinski definition) is 3. The Balaban J connectivity index is 1.69. The van der Waals surface area contributed by atoms with E-state index >= 15 is 0 Å². The SMILES string of the molecule is O=C1NCCCCC1NC[C@H](O)CCc1ccccc1. The molecule has 4 nitrogen and oxygen atoms in total. The van der Waals surface area contributed by atoms with Gasteiger partial charge in [-0.2, -0.15) is 0 Å². The minimum absolute atomic E-state index is 0.0674. The topological polar surface area (TPSA) is 61.4 Å². The van der Waals surface area contributed by atoms with Gasteiger partial charge in [0.25, 0.3) is 0 Å². The van der Waals surface area contributed by atoms with Crippen molar-refractivity contribution in [2.24, 2.45) is 0 Å². The fourth-order valence-corrected chi connectivity index (χ4v) is 2.49. The third-order valence-electron chi connectivity index (χ3n) is 3.74. The van der Waals surface area contributed by atoms with Gasteiger partial charge in [0.15, 0.2) is 0 Å². The highest BCUT2D eigenvalue weighted by molar-refractivity contribution is 5.81. The predicted molar refractivity (Wildman–Crippen MR) is 79.4 cm³/mol. The van der Waals surface area contributed by atoms with Crippen molar-refractivity contribution in [2.45, 2.75) is 44.2 Å². The van der Waals surface area contributed by atoms with Crippen molar-refractivity contribution >= 4 is 5.91 Å². The highest BCUT2D eigenvalue weighted by atomic mass is 16.3. The monoisotopic (exact) mass is 276 g/mol. The van der Waals surface area contributed by atoms with E-state index in [4.69, 9.17) is 0 Å². The zero-order valence-electron chi connectivity index (χ0n) is 11.8. The number of carbonyl (C=O) groups excluding carboxylic acids is 1. The molecule has 1 aliphatic heterocycles. The summed E-state index contributed by atoms with van der Waals surface area (Å²) in [7, 11) is 0. The number of benzene rings is 1. The van der Waals surface area contributed by atoms with Crippen LogP contribution >= 0.6 is 0 Å². The van der Waals surface area contributed by atoms with Crippen LogP contribution in [0.4, 0.5) is 0 Å². The molecular weight excluding hydrogens is 252 g/mol. The second-order valence-corrected chi connectivity index (χ2v) is 5.43. The number of carbonyl (C=O) groups is 1. The van der Waals surface area contributed by atoms with Gasteiger partial charge < -0.3 is 15.7 Å². The minimum atomic E-state index is -0.411. The van der Waals surface area contributed by atoms with Crippen molar-refractivity contribution < 1.29 is 9.90 Å². The van der Waals surface area contributed by atoms with E-state index in [2.05, 4.69) is 22.8 Å². The van der Waals surface area contributed by atoms with Gasteiger partial charge in [-0.1, -0.05) is 30.3 Å². The maximum absolute atomic E-state index is 11.8. The maximum atomic E-state index is 11.8. The molecule has 4 heteroatoms. The fourth-order valence-electron chi connectivity index (χ4n) is 2.49. The Labute approximate surface area is 120 Å². The second-order valence-electron chi connectivity index (χ2n) is 5.43. The summed E-state index contributed by atoms with van der Waals surface area (Å²) in [5, 5.41) is 16.1. The molecule has 0 aromatic heterocycles. The molecule has 0 saturated carbocycles. The average Bonchev–Trinajstić information content (AvgIpc) is 2.68. The van der Waals surface area contributed by atoms with Gasteiger partial charge in [0.2, 0.25) is 5.91 Å². The van der Waals surface area contributed by atoms with Crippen molar-refractivity contribution in [3.63, 3.8) is 0 Å². The Morgan fingerprint density at radius 3 is 2.90 bits per heavy atom. The van der Waals surface area contributed by atoms with E-state index in [1.807, 2.05) is 18.2 Å². The molecule has 1 heterocycles. The van der Waals surface area contributed by atoms with Crippen LogP contribution in [-0.2, 0) is 11.2 Å². The highest BCUT2D eigenvalue weighted by Gasteiger charge is 2.20. The number of rotatable bonds is 6. The molecule has 1 aromatic carbocycles. The molecule has 0 spiro atoms. The molecule has 1 fully saturated rings. The summed E-state index contributed by atoms with van der Waals surface area (Å²) in [5.74, 6) is 0.0674. The molecule has 1 saturated heterocycles. The first kappa shape index (κ1) is 15.0. The van der Waals surface area contributed by atoms with Gasteiger partial charge in [0, 0.05) is 13.1 Å². The zero-order chi connectivity index (χ0) is 14.2. The largest absolute Gasteiger partial charge is 0.392 e. The molecule has 1 aliphatic rings. The van der Waals surface area contributed by atoms with Crippen molar-refractivity contribution in [3.8, 4) is 0 Å². The summed E-state index contributed by atoms with van der Waals surface area (Å²) >= 11 is 0. The molecule has 1 unspecified atom stereocenters. The van der Waals surface area contributed by atoms with E-state index in [1.54, 1.807) is 0 Å². The van der Waals surface area contributed by atoms with Crippen LogP contribution in [0.1, 0.15) is 31.2 Å². The molecule has 1 amide bonds. The summed E-state index contributed by atoms with van der Waals surface area (Å²) in [6.07, 6.45) is 4.12. The van der Waals surface area contributed by atoms with Gasteiger partial charge in [-0.05, 0) is 37.7 Å². The minimum Gasteiger partial charge on any atom is -0.392 e. The number of aliphatic hydroxyl groups is 1. The van der Waals surface area contributed by atoms with Gasteiger partial charge in [-0.25, -0.2) is 0 Å². The van der Waals surface area contributed by atoms with E-state index in [9.17, 15) is 9.90 Å². The lowest BCUT2D eigenvalue weighted by Gasteiger charge is -2.18. The number of amides is 1. The summed E-state index contributed by atoms with van der Waals surface area (Å²) in [6, 6.07) is 10.00. The first-order valence-electron chi connectivity index (χ1n) is 7.49. The van der Waals surface area contributed by atoms with Crippen molar-refractivity contribution in [3.05, 3.63) is 35.9 Å². The van der Waals surface area contributed by atoms with Crippen LogP contribution in [-0.4, -0.2) is 36.2 Å². The van der Waals surface area contributed by atoms with E-state index in [0.717, 1.165) is 32.2 Å². The number of nitrogens with one attached hydrogen (secondary N) is 2. The molecule has 20 heavy (non-hydrogen) atoms. The van der Waals surface area contributed by atoms with Crippen molar-refractivity contribution in [2.75, 3.05) is 13.1 Å². The normalized spacial score (nSPS) is 21.1. The van der Waals surface area contributed by atoms with Gasteiger partial charge in [-0.3, -0.25) is 4.79 Å². The second kappa shape index (κ2) is 8.02. The lowest BCUT2D eigenvalue weighted by atomic mass is 10.1. The standard InChI is InChI=1S/C16H24N2O2/c19-14(10-9-13-6-2-1-3-7-13)12-18-15-8-4-5-11-17-16(15)20/h1-3,6-7,14-15,18-19H,4-5,8-12H2,(H,17,20)/t14-,15?/m1/s1. The summed E-state index contributed by atoms with van der Waals surface area (Å²) in [6.45, 7) is 1.25. The number of aryl methyl sites for hydroxylation is 1. The summed E-state index contributed by atoms with van der Waals surface area (Å²) in [5.41, 5.74) is 1.23. The average molecular weight is 276 g/mol. The smallest absolute Gasteiger partial charge is 0.237 e. The molecule has 3 N–H and O–H groups in total. The van der Waals surface area contributed by atoms with Gasteiger partial charge >= 0.3 is 0 Å². The van der Waals surface area contributed by atoms with E-state index in [0.29, 0.717) is 13.0 Å². The van der Waals surface area contributed by atoms with E-state index in [1.165, 1.54) is 5.56 Å². The van der Waals surface area contributed by atoms with Crippen molar-refractivity contribution in [1.29, 1.82) is 0 Å². The molecule has 0 aliphatic carbocycles. The molecule has 110 valence electrons. The maximum Gasteiger partial charge on any atom is 0.237 e. The molecular formula is C16H24N2O2. The van der Waals surface area contributed by atoms with Crippen LogP contribution in [0.3, 0.4) is 0 Å². The first-order chi connectivity index (χ1) is 9.75. The van der Waals surface area contributed by atoms with Crippen LogP contribution in [0.2, 0.25) is 0 Å². The first-order valence-corrected chi connectivity index (χ1v) is 7.49. The number of aliphatic hydroxyl groups excluding tert-OH is 1. The number of hydrogen-bond donors (Lipinski definition) is 3. The van der Waals surface area contributed by atoms with E-state index in [-0.39, 0.29) is 11.9 Å². The third kappa shape index (κ3) is 4.94. The fraction of sp³-hybridized carbons (Fsp3) is 0.562. The van der Waals surface area contributed by atoms with Gasteiger partial charge in [-0.15, -0.1) is 0 Å². The third-order valence-corrected chi connectivity index (χ3v) is 3.74. The highest BCUT2D eigenvalue weighted by Crippen LogP contribution is 2.07. The molecule has 2 atom stereocenters. The Hall–Kier alpha value is -1.39. The quantitative estimate of drug-likeness (QED) is 0.732. The van der Waals surface area contributed by atoms with Crippen LogP contribution in [0.5, 0.6) is 0 Å². The molecule has 2 rings (SSSR count). The summed E-state index contributed by atoms with van der Waals surface area (Å²) in [4.78, 5) is 11.8. The Morgan fingerprint density at radius 1 is 1.30 bits per heavy atom. The zero-order valence-corrected chi connectivity index (χ0v) is 11.8. The van der Waals surface area contributed by atoms with Crippen LogP contribution in [0.15, 0.2) is 30.3 Å². The molecule has 1 aromatic rings. The Bertz CT molecular complexity index is 408. The van der Waals surface area contributed by atoms with Gasteiger partial charge in [0.1, 0.15) is 0 Å². The molecule has 0 radical (unpaired) electrons. The lowest BCUT2D eigenvalue weighted by molar-refractivity contribution is -0.122. The van der Waals surface area contributed by atoms with Crippen LogP contribution < -0.4 is 10.6 Å². The van der Waals surface area contributed by atoms with Crippen molar-refractivity contribution in [1.82, 2.24) is 10.6 Å². The Morgan fingerprint density at radius 2 is 2.10 bits per heavy atom. The van der Waals surface area contributed by atoms with Crippen LogP contribution in [0, 0.1) is 0 Å². The molecule has 0 bridgehead atoms. The van der Waals surface area contributed by atoms with E-state index < -0.39 is 6.10 Å². The Kier molecular flexibility index (Phi) is 6.02.